The zero-order valence-electron chi connectivity index (χ0n) is 16.3. The van der Waals surface area contributed by atoms with Gasteiger partial charge in [-0.3, -0.25) is 4.79 Å². The number of nitrogens with one attached hydrogen (secondary N) is 2. The average molecular weight is 371 g/mol. The van der Waals surface area contributed by atoms with Gasteiger partial charge in [-0.15, -0.1) is 0 Å². The molecule has 0 saturated heterocycles. The molecule has 0 aliphatic heterocycles. The van der Waals surface area contributed by atoms with Crippen molar-refractivity contribution < 1.29 is 4.79 Å². The number of nitrogens with zero attached hydrogens (tertiary/aromatic N) is 1. The minimum Gasteiger partial charge on any atom is -0.341 e. The second kappa shape index (κ2) is 7.87. The fraction of sp³-hybridized carbons (Fsp3) is 0.208. The number of para-hydroxylation sites is 1. The Morgan fingerprint density at radius 2 is 1.64 bits per heavy atom. The lowest BCUT2D eigenvalue weighted by Gasteiger charge is -2.12. The molecule has 1 aromatic heterocycles. The van der Waals surface area contributed by atoms with Gasteiger partial charge in [0.25, 0.3) is 0 Å². The Kier molecular flexibility index (Phi) is 5.13. The van der Waals surface area contributed by atoms with Crippen LogP contribution in [0.4, 0.5) is 5.82 Å². The lowest BCUT2D eigenvalue weighted by molar-refractivity contribution is -0.115. The van der Waals surface area contributed by atoms with Crippen LogP contribution in [0.15, 0.2) is 66.7 Å². The summed E-state index contributed by atoms with van der Waals surface area (Å²) in [5, 5.41) is 6.58. The SMILES string of the molecule is CN(C)CCc1c(NC(=O)Cc2cccc3ccccc23)[nH]c2ccccc12. The molecule has 1 amide bonds. The van der Waals surface area contributed by atoms with E-state index >= 15 is 0 Å². The predicted molar refractivity (Wildman–Crippen MR) is 117 cm³/mol. The third-order valence-electron chi connectivity index (χ3n) is 5.12. The number of carbonyl (C=O) groups excluding carboxylic acids is 1. The summed E-state index contributed by atoms with van der Waals surface area (Å²) in [4.78, 5) is 18.4. The summed E-state index contributed by atoms with van der Waals surface area (Å²) in [5.41, 5.74) is 3.26. The lowest BCUT2D eigenvalue weighted by Crippen LogP contribution is -2.18. The van der Waals surface area contributed by atoms with Gasteiger partial charge in [-0.1, -0.05) is 60.7 Å². The quantitative estimate of drug-likeness (QED) is 0.520. The van der Waals surface area contributed by atoms with E-state index in [9.17, 15) is 4.79 Å². The predicted octanol–water partition coefficient (Wildman–Crippen LogP) is 4.61. The lowest BCUT2D eigenvalue weighted by atomic mass is 10.0. The zero-order chi connectivity index (χ0) is 19.5. The molecular formula is C24H25N3O. The van der Waals surface area contributed by atoms with Gasteiger partial charge in [-0.2, -0.15) is 0 Å². The highest BCUT2D eigenvalue weighted by molar-refractivity contribution is 5.99. The summed E-state index contributed by atoms with van der Waals surface area (Å²) in [7, 11) is 4.13. The molecule has 142 valence electrons. The van der Waals surface area contributed by atoms with Crippen molar-refractivity contribution in [3.8, 4) is 0 Å². The van der Waals surface area contributed by atoms with Gasteiger partial charge in [-0.25, -0.2) is 0 Å². The van der Waals surface area contributed by atoms with E-state index in [0.29, 0.717) is 6.42 Å². The van der Waals surface area contributed by atoms with Crippen molar-refractivity contribution >= 4 is 33.4 Å². The molecule has 4 aromatic rings. The molecule has 0 atom stereocenters. The standard InChI is InChI=1S/C24H25N3O/c1-27(2)15-14-21-20-12-5-6-13-22(20)25-24(21)26-23(28)16-18-10-7-9-17-8-3-4-11-19(17)18/h3-13,25H,14-16H2,1-2H3,(H,26,28). The van der Waals surface area contributed by atoms with Crippen molar-refractivity contribution in [2.75, 3.05) is 26.0 Å². The fourth-order valence-electron chi connectivity index (χ4n) is 3.71. The van der Waals surface area contributed by atoms with Crippen molar-refractivity contribution in [1.82, 2.24) is 9.88 Å². The number of anilines is 1. The first-order valence-corrected chi connectivity index (χ1v) is 9.62. The van der Waals surface area contributed by atoms with Crippen LogP contribution in [0, 0.1) is 0 Å². The molecule has 0 aliphatic rings. The summed E-state index contributed by atoms with van der Waals surface area (Å²) < 4.78 is 0. The van der Waals surface area contributed by atoms with Gasteiger partial charge in [0.2, 0.25) is 5.91 Å². The number of hydrogen-bond donors (Lipinski definition) is 2. The molecule has 0 radical (unpaired) electrons. The van der Waals surface area contributed by atoms with Crippen LogP contribution >= 0.6 is 0 Å². The van der Waals surface area contributed by atoms with Crippen LogP contribution in [-0.4, -0.2) is 36.4 Å². The molecule has 4 rings (SSSR count). The summed E-state index contributed by atoms with van der Waals surface area (Å²) in [6, 6.07) is 22.5. The van der Waals surface area contributed by atoms with Gasteiger partial charge in [0, 0.05) is 23.0 Å². The Labute approximate surface area is 165 Å². The van der Waals surface area contributed by atoms with Crippen LogP contribution in [-0.2, 0) is 17.6 Å². The van der Waals surface area contributed by atoms with Crippen molar-refractivity contribution in [2.24, 2.45) is 0 Å². The van der Waals surface area contributed by atoms with Crippen LogP contribution in [0.25, 0.3) is 21.7 Å². The Bertz CT molecular complexity index is 1120. The minimum atomic E-state index is -0.00554. The molecule has 28 heavy (non-hydrogen) atoms. The molecule has 0 spiro atoms. The van der Waals surface area contributed by atoms with E-state index in [0.717, 1.165) is 46.2 Å². The van der Waals surface area contributed by atoms with E-state index in [1.807, 2.05) is 36.4 Å². The molecule has 4 heteroatoms. The number of H-pyrrole nitrogens is 1. The Balaban J connectivity index is 1.60. The zero-order valence-corrected chi connectivity index (χ0v) is 16.3. The maximum absolute atomic E-state index is 12.9. The topological polar surface area (TPSA) is 48.1 Å². The first-order chi connectivity index (χ1) is 13.6. The number of aromatic nitrogens is 1. The third kappa shape index (κ3) is 3.78. The van der Waals surface area contributed by atoms with Crippen LogP contribution < -0.4 is 5.32 Å². The second-order valence-electron chi connectivity index (χ2n) is 7.44. The summed E-state index contributed by atoms with van der Waals surface area (Å²) >= 11 is 0. The summed E-state index contributed by atoms with van der Waals surface area (Å²) in [6.07, 6.45) is 1.23. The molecule has 1 heterocycles. The average Bonchev–Trinajstić information content (AvgIpc) is 3.03. The Morgan fingerprint density at radius 1 is 0.929 bits per heavy atom. The molecule has 2 N–H and O–H groups in total. The molecule has 0 bridgehead atoms. The first-order valence-electron chi connectivity index (χ1n) is 9.62. The monoisotopic (exact) mass is 371 g/mol. The highest BCUT2D eigenvalue weighted by atomic mass is 16.1. The molecule has 0 unspecified atom stereocenters. The number of carbonyl (C=O) groups is 1. The van der Waals surface area contributed by atoms with Crippen LogP contribution in [0.1, 0.15) is 11.1 Å². The van der Waals surface area contributed by atoms with E-state index in [1.165, 1.54) is 5.39 Å². The maximum atomic E-state index is 12.9. The normalized spacial score (nSPS) is 11.4. The van der Waals surface area contributed by atoms with Gasteiger partial charge < -0.3 is 15.2 Å². The number of benzene rings is 3. The van der Waals surface area contributed by atoms with Gasteiger partial charge in [0.1, 0.15) is 5.82 Å². The second-order valence-corrected chi connectivity index (χ2v) is 7.44. The molecule has 4 nitrogen and oxygen atoms in total. The molecule has 3 aromatic carbocycles. The fourth-order valence-corrected chi connectivity index (χ4v) is 3.71. The van der Waals surface area contributed by atoms with Gasteiger partial charge in [-0.05, 0) is 42.9 Å². The van der Waals surface area contributed by atoms with Crippen molar-refractivity contribution in [3.63, 3.8) is 0 Å². The largest absolute Gasteiger partial charge is 0.341 e. The smallest absolute Gasteiger partial charge is 0.229 e. The van der Waals surface area contributed by atoms with Crippen molar-refractivity contribution in [2.45, 2.75) is 12.8 Å². The van der Waals surface area contributed by atoms with Crippen LogP contribution in [0.2, 0.25) is 0 Å². The molecular weight excluding hydrogens is 346 g/mol. The van der Waals surface area contributed by atoms with Crippen LogP contribution in [0.3, 0.4) is 0 Å². The highest BCUT2D eigenvalue weighted by Gasteiger charge is 2.15. The van der Waals surface area contributed by atoms with E-state index < -0.39 is 0 Å². The Morgan fingerprint density at radius 3 is 2.46 bits per heavy atom. The number of aromatic amines is 1. The van der Waals surface area contributed by atoms with Crippen molar-refractivity contribution in [3.05, 3.63) is 77.9 Å². The molecule has 0 saturated carbocycles. The summed E-state index contributed by atoms with van der Waals surface area (Å²) in [6.45, 7) is 0.925. The molecule has 0 aliphatic carbocycles. The number of fused-ring (bicyclic) bond motifs is 2. The summed E-state index contributed by atoms with van der Waals surface area (Å²) in [5.74, 6) is 0.808. The Hall–Kier alpha value is -3.11. The van der Waals surface area contributed by atoms with E-state index in [4.69, 9.17) is 0 Å². The number of amides is 1. The van der Waals surface area contributed by atoms with Crippen molar-refractivity contribution in [1.29, 1.82) is 0 Å². The molecule has 0 fully saturated rings. The minimum absolute atomic E-state index is 0.00554. The third-order valence-corrected chi connectivity index (χ3v) is 5.12. The van der Waals surface area contributed by atoms with E-state index in [1.54, 1.807) is 0 Å². The van der Waals surface area contributed by atoms with E-state index in [2.05, 4.69) is 59.6 Å². The van der Waals surface area contributed by atoms with E-state index in [-0.39, 0.29) is 5.91 Å². The highest BCUT2D eigenvalue weighted by Crippen LogP contribution is 2.27. The van der Waals surface area contributed by atoms with Gasteiger partial charge in [0.15, 0.2) is 0 Å². The number of hydrogen-bond acceptors (Lipinski definition) is 2. The van der Waals surface area contributed by atoms with Gasteiger partial charge in [0.05, 0.1) is 6.42 Å². The first kappa shape index (κ1) is 18.3. The maximum Gasteiger partial charge on any atom is 0.229 e. The van der Waals surface area contributed by atoms with Gasteiger partial charge >= 0.3 is 0 Å². The number of rotatable bonds is 6. The number of likely N-dealkylation sites (N-methyl/N-ethyl adjacent to an activating group) is 1. The van der Waals surface area contributed by atoms with Crippen LogP contribution in [0.5, 0.6) is 0 Å².